The number of benzene rings is 1. The number of nitrogens with zero attached hydrogens (tertiary/aromatic N) is 2. The van der Waals surface area contributed by atoms with Crippen LogP contribution in [-0.2, 0) is 19.0 Å². The molecule has 2 nitrogen and oxygen atoms in total. The van der Waals surface area contributed by atoms with E-state index in [4.69, 9.17) is 17.9 Å². The zero-order valence-corrected chi connectivity index (χ0v) is 11.1. The molecule has 0 fully saturated rings. The maximum Gasteiger partial charge on any atom is 1.00 e. The van der Waals surface area contributed by atoms with Crippen LogP contribution in [0.15, 0.2) is 29.3 Å². The molecule has 66 valence electrons. The summed E-state index contributed by atoms with van der Waals surface area (Å²) in [5.41, 5.74) is 2.31. The molecular weight excluding hydrogens is 203 g/mol. The molecule has 14 heavy (non-hydrogen) atoms. The second kappa shape index (κ2) is 6.97. The van der Waals surface area contributed by atoms with Gasteiger partial charge in [-0.15, -0.1) is 0 Å². The maximum atomic E-state index is 8.28. The van der Waals surface area contributed by atoms with E-state index < -0.39 is 0 Å². The molecule has 0 saturated heterocycles. The van der Waals surface area contributed by atoms with E-state index >= 15 is 0 Å². The summed E-state index contributed by atoms with van der Waals surface area (Å²) in [5, 5.41) is 8.72. The number of hydrogen-bond donors (Lipinski definition) is 0. The van der Waals surface area contributed by atoms with Gasteiger partial charge in [0.15, 0.2) is 0 Å². The Morgan fingerprint density at radius 2 is 2.14 bits per heavy atom. The van der Waals surface area contributed by atoms with Gasteiger partial charge in [0.2, 0.25) is 6.19 Å². The number of rotatable bonds is 2. The van der Waals surface area contributed by atoms with E-state index in [1.807, 2.05) is 31.2 Å². The third-order valence-electron chi connectivity index (χ3n) is 1.78. The van der Waals surface area contributed by atoms with Crippen molar-refractivity contribution in [3.63, 3.8) is 0 Å². The Morgan fingerprint density at radius 1 is 1.50 bits per heavy atom. The second-order valence-electron chi connectivity index (χ2n) is 2.71. The summed E-state index contributed by atoms with van der Waals surface area (Å²) in [5.74, 6) is 0. The van der Waals surface area contributed by atoms with Crippen LogP contribution in [-0.4, -0.2) is 5.04 Å². The summed E-state index contributed by atoms with van der Waals surface area (Å²) in [6.45, 7) is 2.02. The van der Waals surface area contributed by atoms with E-state index in [-0.39, 0.29) is 29.6 Å². The smallest absolute Gasteiger partial charge is 0.763 e. The molecule has 0 heterocycles. The predicted molar refractivity (Wildman–Crippen MR) is 55.3 cm³/mol. The predicted octanol–water partition coefficient (Wildman–Crippen LogP) is -1.03. The van der Waals surface area contributed by atoms with Crippen LogP contribution >= 0.6 is 0 Å². The summed E-state index contributed by atoms with van der Waals surface area (Å²) < 4.78 is 0. The second-order valence-corrected chi connectivity index (χ2v) is 3.18. The van der Waals surface area contributed by atoms with Gasteiger partial charge in [0.05, 0.1) is 0 Å². The average molecular weight is 212 g/mol. The SMILES string of the molecule is Cc1ccccc1CC([S-])=NC#N.[Na+]. The van der Waals surface area contributed by atoms with E-state index in [1.165, 1.54) is 5.56 Å². The van der Waals surface area contributed by atoms with Gasteiger partial charge in [0.25, 0.3) is 0 Å². The minimum Gasteiger partial charge on any atom is -0.763 e. The van der Waals surface area contributed by atoms with Gasteiger partial charge in [-0.3, -0.25) is 0 Å². The van der Waals surface area contributed by atoms with Crippen molar-refractivity contribution in [3.8, 4) is 6.19 Å². The Bertz CT molecular complexity index is 369. The molecule has 1 aromatic rings. The van der Waals surface area contributed by atoms with Gasteiger partial charge in [-0.25, -0.2) is 4.99 Å². The molecule has 0 aliphatic carbocycles. The van der Waals surface area contributed by atoms with Gasteiger partial charge >= 0.3 is 29.6 Å². The molecule has 1 rings (SSSR count). The molecule has 4 heteroatoms. The van der Waals surface area contributed by atoms with Crippen LogP contribution in [0.4, 0.5) is 0 Å². The molecule has 0 N–H and O–H groups in total. The van der Waals surface area contributed by atoms with Gasteiger partial charge in [0, 0.05) is 0 Å². The van der Waals surface area contributed by atoms with Crippen molar-refractivity contribution in [3.05, 3.63) is 35.4 Å². The minimum atomic E-state index is 0. The van der Waals surface area contributed by atoms with Crippen LogP contribution in [0.3, 0.4) is 0 Å². The molecule has 0 atom stereocenters. The summed E-state index contributed by atoms with van der Waals surface area (Å²) in [6, 6.07) is 7.94. The molecule has 0 spiro atoms. The van der Waals surface area contributed by atoms with Crippen molar-refractivity contribution in [1.82, 2.24) is 0 Å². The molecule has 0 aliphatic heterocycles. The normalized spacial score (nSPS) is 10.1. The van der Waals surface area contributed by atoms with Gasteiger partial charge in [-0.05, 0) is 24.5 Å². The Morgan fingerprint density at radius 3 is 2.71 bits per heavy atom. The van der Waals surface area contributed by atoms with Crippen LogP contribution < -0.4 is 29.6 Å². The topological polar surface area (TPSA) is 36.1 Å². The molecule has 0 amide bonds. The molecule has 0 radical (unpaired) electrons. The quantitative estimate of drug-likeness (QED) is 0.207. The number of nitriles is 1. The molecule has 0 unspecified atom stereocenters. The largest absolute Gasteiger partial charge is 1.00 e. The van der Waals surface area contributed by atoms with E-state index in [1.54, 1.807) is 6.19 Å². The zero-order chi connectivity index (χ0) is 9.68. The molecule has 1 aromatic carbocycles. The zero-order valence-electron chi connectivity index (χ0n) is 8.32. The van der Waals surface area contributed by atoms with Gasteiger partial charge in [-0.1, -0.05) is 29.3 Å². The van der Waals surface area contributed by atoms with E-state index in [0.717, 1.165) is 5.56 Å². The average Bonchev–Trinajstić information content (AvgIpc) is 2.09. The fourth-order valence-electron chi connectivity index (χ4n) is 1.07. The van der Waals surface area contributed by atoms with Crippen LogP contribution in [0.1, 0.15) is 11.1 Å². The summed E-state index contributed by atoms with van der Waals surface area (Å²) in [6.07, 6.45) is 2.27. The van der Waals surface area contributed by atoms with Crippen molar-refractivity contribution in [2.24, 2.45) is 4.99 Å². The Kier molecular flexibility index (Phi) is 6.77. The van der Waals surface area contributed by atoms with Crippen molar-refractivity contribution >= 4 is 17.7 Å². The van der Waals surface area contributed by atoms with Crippen LogP contribution in [0, 0.1) is 18.4 Å². The number of aliphatic imine (C=N–C) groups is 1. The van der Waals surface area contributed by atoms with Gasteiger partial charge < -0.3 is 12.6 Å². The van der Waals surface area contributed by atoms with Crippen molar-refractivity contribution < 1.29 is 29.6 Å². The molecule has 0 aliphatic rings. The summed E-state index contributed by atoms with van der Waals surface area (Å²) in [4.78, 5) is 3.50. The first-order valence-electron chi connectivity index (χ1n) is 3.91. The fraction of sp³-hybridized carbons (Fsp3) is 0.200. The maximum absolute atomic E-state index is 8.28. The Balaban J connectivity index is 0.00000169. The van der Waals surface area contributed by atoms with Crippen LogP contribution in [0.2, 0.25) is 0 Å². The molecule has 0 bridgehead atoms. The monoisotopic (exact) mass is 212 g/mol. The van der Waals surface area contributed by atoms with Crippen LogP contribution in [0.25, 0.3) is 0 Å². The first-order valence-corrected chi connectivity index (χ1v) is 4.32. The van der Waals surface area contributed by atoms with Crippen LogP contribution in [0.5, 0.6) is 0 Å². The van der Waals surface area contributed by atoms with Crippen molar-refractivity contribution in [2.75, 3.05) is 0 Å². The number of hydrogen-bond acceptors (Lipinski definition) is 3. The first-order chi connectivity index (χ1) is 6.24. The fourth-order valence-corrected chi connectivity index (χ4v) is 1.26. The van der Waals surface area contributed by atoms with Gasteiger partial charge in [-0.2, -0.15) is 5.26 Å². The van der Waals surface area contributed by atoms with E-state index in [2.05, 4.69) is 4.99 Å². The third-order valence-corrected chi connectivity index (χ3v) is 2.01. The van der Waals surface area contributed by atoms with Crippen molar-refractivity contribution in [1.29, 1.82) is 5.26 Å². The standard InChI is InChI=1S/C10H10N2S.Na/c1-8-4-2-3-5-9(8)6-10(13)12-7-11;/h2-5H,6H2,1H3,(H,12,13);/q;+1/p-1. The minimum absolute atomic E-state index is 0. The Labute approximate surface area is 112 Å². The Hall–Kier alpha value is -0.400. The van der Waals surface area contributed by atoms with E-state index in [0.29, 0.717) is 11.5 Å². The third kappa shape index (κ3) is 4.21. The van der Waals surface area contributed by atoms with E-state index in [9.17, 15) is 0 Å². The van der Waals surface area contributed by atoms with Gasteiger partial charge in [0.1, 0.15) is 0 Å². The molecular formula is C10H9N2NaS. The molecule has 0 saturated carbocycles. The van der Waals surface area contributed by atoms with Crippen molar-refractivity contribution in [2.45, 2.75) is 13.3 Å². The first kappa shape index (κ1) is 13.6. The summed E-state index contributed by atoms with van der Waals surface area (Å²) >= 11 is 4.91. The summed E-state index contributed by atoms with van der Waals surface area (Å²) in [7, 11) is 0. The number of aryl methyl sites for hydroxylation is 1. The molecule has 0 aromatic heterocycles.